The Morgan fingerprint density at radius 3 is 2.57 bits per heavy atom. The number of hydrogen-bond donors (Lipinski definition) is 1. The highest BCUT2D eigenvalue weighted by Crippen LogP contribution is 2.29. The van der Waals surface area contributed by atoms with E-state index in [-0.39, 0.29) is 6.04 Å². The number of fused-ring (bicyclic) bond motifs is 1. The van der Waals surface area contributed by atoms with E-state index in [0.29, 0.717) is 0 Å². The fourth-order valence-corrected chi connectivity index (χ4v) is 3.86. The van der Waals surface area contributed by atoms with Crippen LogP contribution in [0.1, 0.15) is 42.5 Å². The summed E-state index contributed by atoms with van der Waals surface area (Å²) in [4.78, 5) is 0. The van der Waals surface area contributed by atoms with Crippen molar-refractivity contribution in [2.45, 2.75) is 38.6 Å². The molecule has 0 saturated carbocycles. The van der Waals surface area contributed by atoms with Crippen molar-refractivity contribution in [3.8, 4) is 0 Å². The Bertz CT molecular complexity index is 654. The standard InChI is InChI=1S/C18H19ClIN/c1-12(21-18-9-8-16(20)11-17(18)19)14-7-6-13-4-2-3-5-15(13)10-14/h6-12,21H,2-5H2,1H3. The number of nitrogens with one attached hydrogen (secondary N) is 1. The van der Waals surface area contributed by atoms with Crippen molar-refractivity contribution in [1.82, 2.24) is 0 Å². The Morgan fingerprint density at radius 2 is 1.81 bits per heavy atom. The van der Waals surface area contributed by atoms with Gasteiger partial charge in [0.05, 0.1) is 10.7 Å². The molecule has 1 N–H and O–H groups in total. The highest BCUT2D eigenvalue weighted by atomic mass is 127. The maximum absolute atomic E-state index is 6.31. The number of benzene rings is 2. The molecule has 0 fully saturated rings. The molecule has 1 atom stereocenters. The summed E-state index contributed by atoms with van der Waals surface area (Å²) in [6.45, 7) is 2.19. The highest BCUT2D eigenvalue weighted by Gasteiger charge is 2.13. The molecule has 3 heteroatoms. The average Bonchev–Trinajstić information content (AvgIpc) is 2.49. The zero-order chi connectivity index (χ0) is 14.8. The lowest BCUT2D eigenvalue weighted by atomic mass is 9.89. The zero-order valence-electron chi connectivity index (χ0n) is 12.1. The molecule has 2 aromatic carbocycles. The van der Waals surface area contributed by atoms with Crippen LogP contribution in [0.4, 0.5) is 5.69 Å². The molecule has 0 saturated heterocycles. The molecule has 0 aliphatic heterocycles. The van der Waals surface area contributed by atoms with Crippen LogP contribution >= 0.6 is 34.2 Å². The zero-order valence-corrected chi connectivity index (χ0v) is 15.0. The van der Waals surface area contributed by atoms with Crippen LogP contribution in [-0.2, 0) is 12.8 Å². The minimum Gasteiger partial charge on any atom is -0.377 e. The molecular weight excluding hydrogens is 393 g/mol. The number of hydrogen-bond acceptors (Lipinski definition) is 1. The maximum atomic E-state index is 6.31. The first-order chi connectivity index (χ1) is 10.1. The van der Waals surface area contributed by atoms with Gasteiger partial charge in [0.2, 0.25) is 0 Å². The molecule has 1 aliphatic rings. The molecule has 0 spiro atoms. The van der Waals surface area contributed by atoms with Gasteiger partial charge in [-0.15, -0.1) is 0 Å². The summed E-state index contributed by atoms with van der Waals surface area (Å²) in [6, 6.07) is 13.3. The summed E-state index contributed by atoms with van der Waals surface area (Å²) < 4.78 is 1.16. The molecule has 3 rings (SSSR count). The fraction of sp³-hybridized carbons (Fsp3) is 0.333. The van der Waals surface area contributed by atoms with Crippen molar-refractivity contribution in [2.24, 2.45) is 0 Å². The van der Waals surface area contributed by atoms with E-state index in [2.05, 4.69) is 65.2 Å². The minimum absolute atomic E-state index is 0.259. The van der Waals surface area contributed by atoms with Crippen LogP contribution in [0.25, 0.3) is 0 Å². The molecule has 0 aromatic heterocycles. The van der Waals surface area contributed by atoms with Crippen LogP contribution in [0.15, 0.2) is 36.4 Å². The van der Waals surface area contributed by atoms with Gasteiger partial charge in [-0.25, -0.2) is 0 Å². The Balaban J connectivity index is 1.80. The summed E-state index contributed by atoms with van der Waals surface area (Å²) in [5.74, 6) is 0. The first kappa shape index (κ1) is 15.2. The molecular formula is C18H19ClIN. The van der Waals surface area contributed by atoms with Gasteiger partial charge in [0.1, 0.15) is 0 Å². The second-order valence-electron chi connectivity index (χ2n) is 5.73. The van der Waals surface area contributed by atoms with Crippen LogP contribution in [0.5, 0.6) is 0 Å². The Morgan fingerprint density at radius 1 is 1.05 bits per heavy atom. The summed E-state index contributed by atoms with van der Waals surface area (Å²) in [6.07, 6.45) is 5.11. The Labute approximate surface area is 145 Å². The summed E-state index contributed by atoms with van der Waals surface area (Å²) >= 11 is 8.59. The van der Waals surface area contributed by atoms with E-state index in [1.807, 2.05) is 6.07 Å². The number of halogens is 2. The highest BCUT2D eigenvalue weighted by molar-refractivity contribution is 14.1. The third kappa shape index (κ3) is 3.54. The maximum Gasteiger partial charge on any atom is 0.0648 e. The number of aryl methyl sites for hydroxylation is 2. The van der Waals surface area contributed by atoms with E-state index >= 15 is 0 Å². The van der Waals surface area contributed by atoms with Crippen molar-refractivity contribution in [1.29, 1.82) is 0 Å². The van der Waals surface area contributed by atoms with E-state index in [1.165, 1.54) is 42.4 Å². The fourth-order valence-electron chi connectivity index (χ4n) is 2.95. The van der Waals surface area contributed by atoms with Crippen molar-refractivity contribution in [3.05, 3.63) is 61.7 Å². The van der Waals surface area contributed by atoms with Gasteiger partial charge in [0.25, 0.3) is 0 Å². The summed E-state index contributed by atoms with van der Waals surface area (Å²) in [5, 5.41) is 4.31. The van der Waals surface area contributed by atoms with Gasteiger partial charge < -0.3 is 5.32 Å². The smallest absolute Gasteiger partial charge is 0.0648 e. The second-order valence-corrected chi connectivity index (χ2v) is 7.38. The monoisotopic (exact) mass is 411 g/mol. The predicted molar refractivity (Wildman–Crippen MR) is 99.3 cm³/mol. The SMILES string of the molecule is CC(Nc1ccc(I)cc1Cl)c1ccc2c(c1)CCCC2. The van der Waals surface area contributed by atoms with Gasteiger partial charge in [-0.3, -0.25) is 0 Å². The van der Waals surface area contributed by atoms with Gasteiger partial charge in [-0.1, -0.05) is 29.8 Å². The molecule has 0 radical (unpaired) electrons. The lowest BCUT2D eigenvalue weighted by Crippen LogP contribution is -2.09. The first-order valence-electron chi connectivity index (χ1n) is 7.47. The Kier molecular flexibility index (Phi) is 4.75. The van der Waals surface area contributed by atoms with Crippen molar-refractivity contribution in [3.63, 3.8) is 0 Å². The lowest BCUT2D eigenvalue weighted by molar-refractivity contribution is 0.683. The van der Waals surface area contributed by atoms with E-state index in [4.69, 9.17) is 11.6 Å². The Hall–Kier alpha value is -0.740. The van der Waals surface area contributed by atoms with E-state index in [0.717, 1.165) is 14.3 Å². The van der Waals surface area contributed by atoms with E-state index < -0.39 is 0 Å². The predicted octanol–water partition coefficient (Wildman–Crippen LogP) is 6.00. The van der Waals surface area contributed by atoms with Gasteiger partial charge in [0.15, 0.2) is 0 Å². The molecule has 21 heavy (non-hydrogen) atoms. The number of rotatable bonds is 3. The molecule has 1 unspecified atom stereocenters. The van der Waals surface area contributed by atoms with Crippen molar-refractivity contribution < 1.29 is 0 Å². The normalized spacial score (nSPS) is 15.4. The molecule has 110 valence electrons. The quantitative estimate of drug-likeness (QED) is 0.611. The second kappa shape index (κ2) is 6.57. The van der Waals surface area contributed by atoms with Crippen LogP contribution in [0.3, 0.4) is 0 Å². The molecule has 2 aromatic rings. The topological polar surface area (TPSA) is 12.0 Å². The summed E-state index contributed by atoms with van der Waals surface area (Å²) in [5.41, 5.74) is 5.40. The third-order valence-electron chi connectivity index (χ3n) is 4.18. The first-order valence-corrected chi connectivity index (χ1v) is 8.92. The molecule has 1 aliphatic carbocycles. The third-order valence-corrected chi connectivity index (χ3v) is 5.16. The molecule has 1 nitrogen and oxygen atoms in total. The van der Waals surface area contributed by atoms with Gasteiger partial charge >= 0.3 is 0 Å². The van der Waals surface area contributed by atoms with Crippen molar-refractivity contribution in [2.75, 3.05) is 5.32 Å². The minimum atomic E-state index is 0.259. The van der Waals surface area contributed by atoms with Gasteiger partial charge in [0, 0.05) is 9.61 Å². The molecule has 0 amide bonds. The van der Waals surface area contributed by atoms with Crippen LogP contribution < -0.4 is 5.32 Å². The largest absolute Gasteiger partial charge is 0.377 e. The van der Waals surface area contributed by atoms with Crippen molar-refractivity contribution >= 4 is 39.9 Å². The van der Waals surface area contributed by atoms with Gasteiger partial charge in [-0.2, -0.15) is 0 Å². The lowest BCUT2D eigenvalue weighted by Gasteiger charge is -2.21. The van der Waals surface area contributed by atoms with Crippen LogP contribution in [0.2, 0.25) is 5.02 Å². The summed E-state index contributed by atoms with van der Waals surface area (Å²) in [7, 11) is 0. The van der Waals surface area contributed by atoms with Crippen LogP contribution in [-0.4, -0.2) is 0 Å². The molecule has 0 heterocycles. The van der Waals surface area contributed by atoms with E-state index in [1.54, 1.807) is 0 Å². The van der Waals surface area contributed by atoms with Gasteiger partial charge in [-0.05, 0) is 90.1 Å². The van der Waals surface area contributed by atoms with Crippen LogP contribution in [0, 0.1) is 3.57 Å². The van der Waals surface area contributed by atoms with E-state index in [9.17, 15) is 0 Å². The average molecular weight is 412 g/mol. The molecule has 0 bridgehead atoms. The number of anilines is 1.